The standard InChI is InChI=1S/C11H12N4O3/c1-7-5-15(8-4-12-14(2)6-8)13-9(10(7)16)11(17)18-3/h4-6H,1-3H3. The molecule has 2 heterocycles. The Labute approximate surface area is 103 Å². The Bertz CT molecular complexity index is 657. The van der Waals surface area contributed by atoms with Crippen LogP contribution in [0.4, 0.5) is 0 Å². The Morgan fingerprint density at radius 2 is 2.11 bits per heavy atom. The van der Waals surface area contributed by atoms with Crippen LogP contribution in [-0.4, -0.2) is 32.6 Å². The van der Waals surface area contributed by atoms with E-state index in [1.165, 1.54) is 11.8 Å². The van der Waals surface area contributed by atoms with Gasteiger partial charge in [0.1, 0.15) is 5.69 Å². The van der Waals surface area contributed by atoms with Crippen LogP contribution in [0.15, 0.2) is 23.4 Å². The molecule has 0 unspecified atom stereocenters. The van der Waals surface area contributed by atoms with Crippen LogP contribution in [0.1, 0.15) is 16.1 Å². The molecule has 0 spiro atoms. The summed E-state index contributed by atoms with van der Waals surface area (Å²) in [6, 6.07) is 0. The van der Waals surface area contributed by atoms with Crippen LogP contribution < -0.4 is 5.43 Å². The lowest BCUT2D eigenvalue weighted by Crippen LogP contribution is -2.24. The van der Waals surface area contributed by atoms with Gasteiger partial charge in [0.25, 0.3) is 0 Å². The number of nitrogens with zero attached hydrogens (tertiary/aromatic N) is 4. The average Bonchev–Trinajstić information content (AvgIpc) is 2.78. The number of esters is 1. The first-order chi connectivity index (χ1) is 8.52. The molecule has 0 atom stereocenters. The van der Waals surface area contributed by atoms with E-state index in [9.17, 15) is 9.59 Å². The molecule has 2 aromatic rings. The minimum atomic E-state index is -0.749. The second-order valence-corrected chi connectivity index (χ2v) is 3.80. The molecule has 18 heavy (non-hydrogen) atoms. The lowest BCUT2D eigenvalue weighted by Gasteiger charge is -2.05. The van der Waals surface area contributed by atoms with Crippen molar-refractivity contribution in [2.24, 2.45) is 7.05 Å². The van der Waals surface area contributed by atoms with Crippen molar-refractivity contribution >= 4 is 5.97 Å². The molecular weight excluding hydrogens is 236 g/mol. The smallest absolute Gasteiger partial charge is 0.362 e. The summed E-state index contributed by atoms with van der Waals surface area (Å²) in [5.41, 5.74) is 0.406. The van der Waals surface area contributed by atoms with Crippen LogP contribution >= 0.6 is 0 Å². The monoisotopic (exact) mass is 248 g/mol. The van der Waals surface area contributed by atoms with E-state index in [1.807, 2.05) is 0 Å². The molecule has 7 nitrogen and oxygen atoms in total. The van der Waals surface area contributed by atoms with Gasteiger partial charge in [-0.2, -0.15) is 10.2 Å². The van der Waals surface area contributed by atoms with Crippen LogP contribution in [0.5, 0.6) is 0 Å². The van der Waals surface area contributed by atoms with Gasteiger partial charge in [-0.15, -0.1) is 0 Å². The van der Waals surface area contributed by atoms with Gasteiger partial charge >= 0.3 is 5.97 Å². The minimum absolute atomic E-state index is 0.235. The predicted molar refractivity (Wildman–Crippen MR) is 62.7 cm³/mol. The van der Waals surface area contributed by atoms with E-state index >= 15 is 0 Å². The second kappa shape index (κ2) is 4.44. The maximum absolute atomic E-state index is 11.8. The molecule has 0 aliphatic heterocycles. The summed E-state index contributed by atoms with van der Waals surface area (Å²) in [4.78, 5) is 23.2. The van der Waals surface area contributed by atoms with Crippen molar-refractivity contribution in [1.82, 2.24) is 19.6 Å². The lowest BCUT2D eigenvalue weighted by atomic mass is 10.2. The fourth-order valence-electron chi connectivity index (χ4n) is 1.50. The molecule has 0 radical (unpaired) electrons. The third-order valence-electron chi connectivity index (χ3n) is 2.43. The highest BCUT2D eigenvalue weighted by atomic mass is 16.5. The molecule has 94 valence electrons. The lowest BCUT2D eigenvalue weighted by molar-refractivity contribution is 0.0590. The summed E-state index contributed by atoms with van der Waals surface area (Å²) in [5, 5.41) is 7.97. The molecule has 0 aromatic carbocycles. The largest absolute Gasteiger partial charge is 0.464 e. The van der Waals surface area contributed by atoms with Crippen LogP contribution in [0.25, 0.3) is 5.69 Å². The Kier molecular flexibility index (Phi) is 2.97. The van der Waals surface area contributed by atoms with Crippen LogP contribution in [-0.2, 0) is 11.8 Å². The first-order valence-electron chi connectivity index (χ1n) is 5.21. The quantitative estimate of drug-likeness (QED) is 0.702. The summed E-state index contributed by atoms with van der Waals surface area (Å²) < 4.78 is 7.56. The molecule has 0 fully saturated rings. The Morgan fingerprint density at radius 3 is 2.67 bits per heavy atom. The zero-order valence-electron chi connectivity index (χ0n) is 10.2. The molecule has 0 amide bonds. The third kappa shape index (κ3) is 2.02. The Morgan fingerprint density at radius 1 is 1.39 bits per heavy atom. The van der Waals surface area contributed by atoms with E-state index in [4.69, 9.17) is 0 Å². The molecule has 2 rings (SSSR count). The number of carbonyl (C=O) groups excluding carboxylic acids is 1. The van der Waals surface area contributed by atoms with Gasteiger partial charge < -0.3 is 4.74 Å². The van der Waals surface area contributed by atoms with Crippen LogP contribution in [0, 0.1) is 6.92 Å². The molecule has 2 aromatic heterocycles. The van der Waals surface area contributed by atoms with Crippen molar-refractivity contribution in [2.45, 2.75) is 6.92 Å². The molecule has 0 aliphatic carbocycles. The number of aryl methyl sites for hydroxylation is 2. The van der Waals surface area contributed by atoms with Crippen molar-refractivity contribution in [3.05, 3.63) is 40.1 Å². The number of rotatable bonds is 2. The topological polar surface area (TPSA) is 79.0 Å². The maximum Gasteiger partial charge on any atom is 0.362 e. The van der Waals surface area contributed by atoms with Crippen molar-refractivity contribution < 1.29 is 9.53 Å². The van der Waals surface area contributed by atoms with E-state index in [0.717, 1.165) is 0 Å². The van der Waals surface area contributed by atoms with Gasteiger partial charge in [0.2, 0.25) is 11.1 Å². The highest BCUT2D eigenvalue weighted by Gasteiger charge is 2.16. The molecule has 0 saturated heterocycles. The third-order valence-corrected chi connectivity index (χ3v) is 2.43. The summed E-state index contributed by atoms with van der Waals surface area (Å²) >= 11 is 0. The molecular formula is C11H12N4O3. The van der Waals surface area contributed by atoms with E-state index in [2.05, 4.69) is 14.9 Å². The number of methoxy groups -OCH3 is 1. The van der Waals surface area contributed by atoms with Gasteiger partial charge in [-0.3, -0.25) is 9.48 Å². The second-order valence-electron chi connectivity index (χ2n) is 3.80. The maximum atomic E-state index is 11.8. The van der Waals surface area contributed by atoms with Crippen LogP contribution in [0.2, 0.25) is 0 Å². The molecule has 0 N–H and O–H groups in total. The highest BCUT2D eigenvalue weighted by molar-refractivity contribution is 5.86. The summed E-state index contributed by atoms with van der Waals surface area (Å²) in [7, 11) is 2.97. The number of hydrogen-bond donors (Lipinski definition) is 0. The zero-order valence-corrected chi connectivity index (χ0v) is 10.2. The first kappa shape index (κ1) is 12.0. The normalized spacial score (nSPS) is 10.4. The Balaban J connectivity index is 2.61. The SMILES string of the molecule is COC(=O)c1nn(-c2cnn(C)c2)cc(C)c1=O. The Hall–Kier alpha value is -2.44. The van der Waals surface area contributed by atoms with Gasteiger partial charge in [-0.1, -0.05) is 0 Å². The first-order valence-corrected chi connectivity index (χ1v) is 5.21. The van der Waals surface area contributed by atoms with Crippen molar-refractivity contribution in [3.63, 3.8) is 0 Å². The fraction of sp³-hybridized carbons (Fsp3) is 0.273. The van der Waals surface area contributed by atoms with Gasteiger partial charge in [0.05, 0.1) is 19.5 Å². The van der Waals surface area contributed by atoms with Gasteiger partial charge in [-0.25, -0.2) is 9.48 Å². The predicted octanol–water partition coefficient (Wildman–Crippen LogP) is 0.0610. The number of ether oxygens (including phenoxy) is 1. The number of hydrogen-bond acceptors (Lipinski definition) is 5. The van der Waals surface area contributed by atoms with Crippen molar-refractivity contribution in [1.29, 1.82) is 0 Å². The number of aromatic nitrogens is 4. The van der Waals surface area contributed by atoms with Gasteiger partial charge in [0.15, 0.2) is 0 Å². The average molecular weight is 248 g/mol. The van der Waals surface area contributed by atoms with E-state index in [0.29, 0.717) is 11.3 Å². The molecule has 0 saturated carbocycles. The van der Waals surface area contributed by atoms with Gasteiger partial charge in [-0.05, 0) is 6.92 Å². The summed E-state index contributed by atoms with van der Waals surface area (Å²) in [5.74, 6) is -0.749. The van der Waals surface area contributed by atoms with E-state index in [1.54, 1.807) is 37.2 Å². The zero-order chi connectivity index (χ0) is 13.3. The fourth-order valence-corrected chi connectivity index (χ4v) is 1.50. The summed E-state index contributed by atoms with van der Waals surface area (Å²) in [6.45, 7) is 1.61. The van der Waals surface area contributed by atoms with E-state index in [-0.39, 0.29) is 5.69 Å². The highest BCUT2D eigenvalue weighted by Crippen LogP contribution is 2.04. The molecule has 7 heteroatoms. The van der Waals surface area contributed by atoms with E-state index < -0.39 is 11.4 Å². The molecule has 0 bridgehead atoms. The van der Waals surface area contributed by atoms with Crippen LogP contribution in [0.3, 0.4) is 0 Å². The number of carbonyl (C=O) groups is 1. The van der Waals surface area contributed by atoms with Crippen molar-refractivity contribution in [2.75, 3.05) is 7.11 Å². The minimum Gasteiger partial charge on any atom is -0.464 e. The summed E-state index contributed by atoms with van der Waals surface area (Å²) in [6.07, 6.45) is 4.85. The molecule has 0 aliphatic rings. The van der Waals surface area contributed by atoms with Crippen molar-refractivity contribution in [3.8, 4) is 5.69 Å². The van der Waals surface area contributed by atoms with Gasteiger partial charge in [0, 0.05) is 18.8 Å².